The van der Waals surface area contributed by atoms with E-state index in [2.05, 4.69) is 0 Å². The first-order valence-electron chi connectivity index (χ1n) is 3.28. The lowest BCUT2D eigenvalue weighted by Gasteiger charge is -2.08. The Balaban J connectivity index is 3.16. The zero-order chi connectivity index (χ0) is 7.28. The molecule has 0 aromatic rings. The zero-order valence-corrected chi connectivity index (χ0v) is 6.66. The van der Waals surface area contributed by atoms with Gasteiger partial charge in [0.15, 0.2) is 5.63 Å². The number of rotatable bonds is 4. The molecule has 0 aliphatic rings. The fraction of sp³-hybridized carbons (Fsp3) is 0.857. The van der Waals surface area contributed by atoms with Gasteiger partial charge in [-0.1, -0.05) is 31.9 Å². The standard InChI is InChI=1S/C7H13ClF/c1-3-4-5-6(2)7(8)9/h4,6-7H,3,5H2,1-2H3. The maximum Gasteiger partial charge on any atom is 0.176 e. The minimum atomic E-state index is -1.19. The number of unbranched alkanes of at least 4 members (excludes halogenated alkanes) is 1. The summed E-state index contributed by atoms with van der Waals surface area (Å²) in [6.45, 7) is 3.85. The van der Waals surface area contributed by atoms with E-state index in [-0.39, 0.29) is 5.92 Å². The van der Waals surface area contributed by atoms with Crippen molar-refractivity contribution in [1.29, 1.82) is 0 Å². The van der Waals surface area contributed by atoms with Crippen LogP contribution in [0.15, 0.2) is 0 Å². The predicted molar refractivity (Wildman–Crippen MR) is 39.1 cm³/mol. The highest BCUT2D eigenvalue weighted by molar-refractivity contribution is 6.19. The Morgan fingerprint density at radius 3 is 2.56 bits per heavy atom. The second kappa shape index (κ2) is 5.04. The first-order valence-corrected chi connectivity index (χ1v) is 3.72. The predicted octanol–water partition coefficient (Wildman–Crippen LogP) is 3.16. The molecule has 0 aromatic carbocycles. The molecule has 0 fully saturated rings. The molecule has 0 spiro atoms. The van der Waals surface area contributed by atoms with E-state index in [9.17, 15) is 4.39 Å². The van der Waals surface area contributed by atoms with Crippen molar-refractivity contribution in [2.24, 2.45) is 5.92 Å². The lowest BCUT2D eigenvalue weighted by molar-refractivity contribution is 0.331. The zero-order valence-electron chi connectivity index (χ0n) is 5.90. The van der Waals surface area contributed by atoms with Crippen molar-refractivity contribution in [2.75, 3.05) is 0 Å². The summed E-state index contributed by atoms with van der Waals surface area (Å²) >= 11 is 5.18. The van der Waals surface area contributed by atoms with Gasteiger partial charge in [-0.05, 0) is 12.8 Å². The molecule has 0 aromatic heterocycles. The van der Waals surface area contributed by atoms with Crippen LogP contribution in [-0.2, 0) is 0 Å². The third-order valence-electron chi connectivity index (χ3n) is 1.26. The van der Waals surface area contributed by atoms with Crippen molar-refractivity contribution in [3.63, 3.8) is 0 Å². The van der Waals surface area contributed by atoms with Crippen LogP contribution in [0.3, 0.4) is 0 Å². The topological polar surface area (TPSA) is 0 Å². The Bertz CT molecular complexity index is 63.9. The van der Waals surface area contributed by atoms with Crippen molar-refractivity contribution in [1.82, 2.24) is 0 Å². The van der Waals surface area contributed by atoms with Crippen LogP contribution in [0.25, 0.3) is 0 Å². The monoisotopic (exact) mass is 151 g/mol. The highest BCUT2D eigenvalue weighted by Crippen LogP contribution is 2.16. The van der Waals surface area contributed by atoms with E-state index >= 15 is 0 Å². The van der Waals surface area contributed by atoms with Crippen molar-refractivity contribution < 1.29 is 4.39 Å². The van der Waals surface area contributed by atoms with E-state index in [1.54, 1.807) is 0 Å². The van der Waals surface area contributed by atoms with Crippen LogP contribution in [0.1, 0.15) is 26.7 Å². The van der Waals surface area contributed by atoms with E-state index in [0.29, 0.717) is 0 Å². The van der Waals surface area contributed by atoms with Gasteiger partial charge in [0, 0.05) is 5.92 Å². The molecule has 9 heavy (non-hydrogen) atoms. The van der Waals surface area contributed by atoms with E-state index < -0.39 is 5.63 Å². The third-order valence-corrected chi connectivity index (χ3v) is 1.69. The second-order valence-corrected chi connectivity index (χ2v) is 2.66. The molecular formula is C7H13ClF. The van der Waals surface area contributed by atoms with Crippen molar-refractivity contribution in [3.8, 4) is 0 Å². The Morgan fingerprint density at radius 2 is 2.22 bits per heavy atom. The van der Waals surface area contributed by atoms with E-state index in [1.807, 2.05) is 20.3 Å². The summed E-state index contributed by atoms with van der Waals surface area (Å²) in [4.78, 5) is 0. The molecule has 0 heterocycles. The maximum absolute atomic E-state index is 12.2. The van der Waals surface area contributed by atoms with Crippen LogP contribution in [-0.4, -0.2) is 5.63 Å². The maximum atomic E-state index is 12.2. The highest BCUT2D eigenvalue weighted by atomic mass is 35.5. The molecular weight excluding hydrogens is 139 g/mol. The van der Waals surface area contributed by atoms with Gasteiger partial charge < -0.3 is 0 Å². The van der Waals surface area contributed by atoms with Crippen molar-refractivity contribution in [3.05, 3.63) is 6.42 Å². The van der Waals surface area contributed by atoms with Crippen LogP contribution >= 0.6 is 11.6 Å². The molecule has 1 radical (unpaired) electrons. The highest BCUT2D eigenvalue weighted by Gasteiger charge is 2.10. The smallest absolute Gasteiger partial charge is 0.176 e. The molecule has 2 unspecified atom stereocenters. The van der Waals surface area contributed by atoms with Gasteiger partial charge in [-0.25, -0.2) is 4.39 Å². The lowest BCUT2D eigenvalue weighted by Crippen LogP contribution is -2.04. The van der Waals surface area contributed by atoms with Gasteiger partial charge in [-0.15, -0.1) is 0 Å². The van der Waals surface area contributed by atoms with Crippen LogP contribution in [0.4, 0.5) is 4.39 Å². The van der Waals surface area contributed by atoms with Gasteiger partial charge in [-0.2, -0.15) is 0 Å². The number of hydrogen-bond donors (Lipinski definition) is 0. The molecule has 0 nitrogen and oxygen atoms in total. The summed E-state index contributed by atoms with van der Waals surface area (Å²) in [6, 6.07) is 0. The first-order chi connectivity index (χ1) is 4.18. The van der Waals surface area contributed by atoms with Gasteiger partial charge in [0.25, 0.3) is 0 Å². The summed E-state index contributed by atoms with van der Waals surface area (Å²) in [6.07, 6.45) is 3.81. The Labute approximate surface area is 61.4 Å². The molecule has 0 aliphatic heterocycles. The molecule has 0 bridgehead atoms. The quantitative estimate of drug-likeness (QED) is 0.542. The van der Waals surface area contributed by atoms with Gasteiger partial charge in [-0.3, -0.25) is 0 Å². The normalized spacial score (nSPS) is 17.3. The van der Waals surface area contributed by atoms with Crippen molar-refractivity contribution >= 4 is 11.6 Å². The molecule has 0 aliphatic carbocycles. The van der Waals surface area contributed by atoms with Crippen LogP contribution < -0.4 is 0 Å². The summed E-state index contributed by atoms with van der Waals surface area (Å²) in [7, 11) is 0. The first kappa shape index (κ1) is 9.22. The minimum absolute atomic E-state index is 0.0355. The van der Waals surface area contributed by atoms with E-state index in [4.69, 9.17) is 11.6 Å². The molecule has 0 saturated heterocycles. The molecule has 0 rings (SSSR count). The second-order valence-electron chi connectivity index (χ2n) is 2.24. The van der Waals surface area contributed by atoms with Crippen LogP contribution in [0, 0.1) is 12.3 Å². The SMILES string of the molecule is CC[CH]CC(C)C(F)Cl. The minimum Gasteiger partial charge on any atom is -0.230 e. The summed E-state index contributed by atoms with van der Waals surface area (Å²) in [5.74, 6) is -0.0355. The van der Waals surface area contributed by atoms with Gasteiger partial charge in [0.2, 0.25) is 0 Å². The molecule has 2 heteroatoms. The summed E-state index contributed by atoms with van der Waals surface area (Å²) in [5, 5.41) is 0. The Morgan fingerprint density at radius 1 is 1.67 bits per heavy atom. The molecule has 0 amide bonds. The fourth-order valence-corrected chi connectivity index (χ4v) is 0.635. The number of alkyl halides is 2. The van der Waals surface area contributed by atoms with E-state index in [1.165, 1.54) is 0 Å². The average Bonchev–Trinajstić information content (AvgIpc) is 1.82. The largest absolute Gasteiger partial charge is 0.230 e. The average molecular weight is 152 g/mol. The summed E-state index contributed by atoms with van der Waals surface area (Å²) < 4.78 is 12.2. The van der Waals surface area contributed by atoms with Crippen molar-refractivity contribution in [2.45, 2.75) is 32.3 Å². The molecule has 2 atom stereocenters. The summed E-state index contributed by atoms with van der Waals surface area (Å²) in [5.41, 5.74) is -1.19. The van der Waals surface area contributed by atoms with Gasteiger partial charge in [0.1, 0.15) is 0 Å². The molecule has 55 valence electrons. The molecule has 0 N–H and O–H groups in total. The number of halogens is 2. The fourth-order valence-electron chi connectivity index (χ4n) is 0.532. The Kier molecular flexibility index (Phi) is 5.16. The Hall–Kier alpha value is 0.220. The van der Waals surface area contributed by atoms with Crippen LogP contribution in [0.2, 0.25) is 0 Å². The van der Waals surface area contributed by atoms with E-state index in [0.717, 1.165) is 12.8 Å². The van der Waals surface area contributed by atoms with Gasteiger partial charge in [0.05, 0.1) is 0 Å². The number of hydrogen-bond acceptors (Lipinski definition) is 0. The van der Waals surface area contributed by atoms with Crippen LogP contribution in [0.5, 0.6) is 0 Å². The lowest BCUT2D eigenvalue weighted by atomic mass is 10.1. The van der Waals surface area contributed by atoms with Gasteiger partial charge >= 0.3 is 0 Å². The third kappa shape index (κ3) is 4.71. The molecule has 0 saturated carbocycles.